The zero-order chi connectivity index (χ0) is 14.9. The van der Waals surface area contributed by atoms with E-state index < -0.39 is 17.2 Å². The third-order valence-corrected chi connectivity index (χ3v) is 3.78. The zero-order valence-electron chi connectivity index (χ0n) is 10.7. The van der Waals surface area contributed by atoms with Gasteiger partial charge in [0.2, 0.25) is 0 Å². The summed E-state index contributed by atoms with van der Waals surface area (Å²) >= 11 is 0.555. The molecule has 3 N–H and O–H groups in total. The predicted molar refractivity (Wildman–Crippen MR) is 67.8 cm³/mol. The van der Waals surface area contributed by atoms with Gasteiger partial charge in [-0.15, -0.1) is 11.3 Å². The number of aromatic nitrogens is 3. The molecule has 0 aliphatic rings. The molecule has 2 aromatic heterocycles. The monoisotopic (exact) mass is 303 g/mol. The van der Waals surface area contributed by atoms with Crippen molar-refractivity contribution >= 4 is 11.3 Å². The summed E-state index contributed by atoms with van der Waals surface area (Å²) in [5.41, 5.74) is 4.44. The van der Waals surface area contributed by atoms with E-state index in [1.54, 1.807) is 19.9 Å². The van der Waals surface area contributed by atoms with Gasteiger partial charge in [-0.05, 0) is 19.9 Å². The van der Waals surface area contributed by atoms with Crippen molar-refractivity contribution in [2.45, 2.75) is 26.1 Å². The van der Waals surface area contributed by atoms with Crippen LogP contribution in [-0.2, 0) is 6.18 Å². The van der Waals surface area contributed by atoms with Gasteiger partial charge in [-0.25, -0.2) is 10.4 Å². The molecule has 5 nitrogen and oxygen atoms in total. The molecule has 1 unspecified atom stereocenters. The van der Waals surface area contributed by atoms with E-state index in [-0.39, 0.29) is 0 Å². The van der Waals surface area contributed by atoms with Gasteiger partial charge >= 0.3 is 6.18 Å². The average molecular weight is 303 g/mol. The molecule has 2 aromatic rings. The molecule has 0 amide bonds. The Labute approximate surface area is 117 Å². The van der Waals surface area contributed by atoms with Crippen molar-refractivity contribution in [2.75, 3.05) is 0 Å². The molecule has 0 aliphatic heterocycles. The van der Waals surface area contributed by atoms with Crippen molar-refractivity contribution in [3.8, 4) is 0 Å². The highest BCUT2D eigenvalue weighted by Crippen LogP contribution is 2.36. The second-order valence-corrected chi connectivity index (χ2v) is 5.25. The first-order valence-corrected chi connectivity index (χ1v) is 6.44. The molecule has 0 saturated heterocycles. The van der Waals surface area contributed by atoms with Gasteiger partial charge in [0.05, 0.1) is 17.4 Å². The quantitative estimate of drug-likeness (QED) is 0.671. The number of aryl methyl sites for hydroxylation is 2. The van der Waals surface area contributed by atoms with Crippen LogP contribution in [0.1, 0.15) is 32.9 Å². The Hall–Kier alpha value is -1.58. The predicted octanol–water partition coefficient (Wildman–Crippen LogP) is 2.12. The Morgan fingerprint density at radius 3 is 2.55 bits per heavy atom. The molecule has 0 spiro atoms. The molecule has 9 heteroatoms. The van der Waals surface area contributed by atoms with Crippen LogP contribution in [0.15, 0.2) is 12.3 Å². The largest absolute Gasteiger partial charge is 0.443 e. The van der Waals surface area contributed by atoms with Crippen LogP contribution < -0.4 is 11.3 Å². The lowest BCUT2D eigenvalue weighted by atomic mass is 10.1. The lowest BCUT2D eigenvalue weighted by Gasteiger charge is -2.16. The molecule has 2 heterocycles. The molecule has 20 heavy (non-hydrogen) atoms. The first-order valence-electron chi connectivity index (χ1n) is 5.62. The fraction of sp³-hybridized carbons (Fsp3) is 0.364. The highest BCUT2D eigenvalue weighted by molar-refractivity contribution is 7.11. The smallest absolute Gasteiger partial charge is 0.271 e. The number of thiazole rings is 1. The van der Waals surface area contributed by atoms with Crippen molar-refractivity contribution in [3.05, 3.63) is 39.1 Å². The van der Waals surface area contributed by atoms with Crippen LogP contribution in [0.25, 0.3) is 0 Å². The van der Waals surface area contributed by atoms with Crippen LogP contribution in [-0.4, -0.2) is 15.2 Å². The van der Waals surface area contributed by atoms with Crippen molar-refractivity contribution < 1.29 is 13.2 Å². The summed E-state index contributed by atoms with van der Waals surface area (Å²) < 4.78 is 37.8. The van der Waals surface area contributed by atoms with E-state index in [9.17, 15) is 13.2 Å². The molecule has 2 rings (SSSR count). The number of hydrogen-bond donors (Lipinski definition) is 2. The van der Waals surface area contributed by atoms with Gasteiger partial charge in [-0.3, -0.25) is 5.84 Å². The molecule has 0 saturated carbocycles. The third kappa shape index (κ3) is 2.94. The van der Waals surface area contributed by atoms with Crippen LogP contribution in [0, 0.1) is 13.8 Å². The number of nitrogens with one attached hydrogen (secondary N) is 1. The van der Waals surface area contributed by atoms with E-state index in [0.717, 1.165) is 0 Å². The number of nitrogens with two attached hydrogens (primary N) is 1. The number of halogens is 3. The maximum Gasteiger partial charge on any atom is 0.443 e. The lowest BCUT2D eigenvalue weighted by Crippen LogP contribution is -2.29. The Balaban J connectivity index is 2.42. The topological polar surface area (TPSA) is 76.7 Å². The van der Waals surface area contributed by atoms with E-state index in [0.29, 0.717) is 33.2 Å². The molecule has 0 radical (unpaired) electrons. The first kappa shape index (κ1) is 14.8. The summed E-state index contributed by atoms with van der Waals surface area (Å²) in [6, 6.07) is 1.14. The van der Waals surface area contributed by atoms with Gasteiger partial charge in [0.25, 0.3) is 0 Å². The highest BCUT2D eigenvalue weighted by atomic mass is 32.1. The summed E-state index contributed by atoms with van der Waals surface area (Å²) in [5.74, 6) is 5.47. The maximum atomic E-state index is 12.6. The number of hydrogen-bond acceptors (Lipinski definition) is 6. The molecule has 1 atom stereocenters. The second-order valence-electron chi connectivity index (χ2n) is 4.19. The van der Waals surface area contributed by atoms with E-state index >= 15 is 0 Å². The fourth-order valence-corrected chi connectivity index (χ4v) is 2.60. The van der Waals surface area contributed by atoms with E-state index in [1.165, 1.54) is 6.20 Å². The van der Waals surface area contributed by atoms with Gasteiger partial charge in [-0.2, -0.15) is 23.4 Å². The molecule has 0 bridgehead atoms. The molecular formula is C11H12F3N5S. The van der Waals surface area contributed by atoms with E-state index in [2.05, 4.69) is 20.6 Å². The Morgan fingerprint density at radius 2 is 2.00 bits per heavy atom. The molecule has 0 aromatic carbocycles. The van der Waals surface area contributed by atoms with Gasteiger partial charge in [-0.1, -0.05) is 0 Å². The minimum Gasteiger partial charge on any atom is -0.271 e. The lowest BCUT2D eigenvalue weighted by molar-refractivity contribution is -0.137. The number of rotatable bonds is 3. The second kappa shape index (κ2) is 5.43. The number of nitrogens with zero attached hydrogens (tertiary/aromatic N) is 3. The maximum absolute atomic E-state index is 12.6. The summed E-state index contributed by atoms with van der Waals surface area (Å²) in [5, 5.41) is 6.93. The van der Waals surface area contributed by atoms with Crippen LogP contribution in [0.3, 0.4) is 0 Å². The van der Waals surface area contributed by atoms with Gasteiger partial charge in [0.15, 0.2) is 5.01 Å². The fourth-order valence-electron chi connectivity index (χ4n) is 1.74. The standard InChI is InChI=1S/C11H12F3N5S/c1-5-3-7(6(2)19-18-5)9(17-15)8-4-16-10(20-8)11(12,13)14/h3-4,9,17H,15H2,1-2H3. The summed E-state index contributed by atoms with van der Waals surface area (Å²) in [6.45, 7) is 3.47. The van der Waals surface area contributed by atoms with Gasteiger partial charge < -0.3 is 0 Å². The minimum atomic E-state index is -4.45. The van der Waals surface area contributed by atoms with Crippen molar-refractivity contribution in [2.24, 2.45) is 5.84 Å². The van der Waals surface area contributed by atoms with Crippen molar-refractivity contribution in [3.63, 3.8) is 0 Å². The van der Waals surface area contributed by atoms with Crippen molar-refractivity contribution in [1.82, 2.24) is 20.6 Å². The Bertz CT molecular complexity index is 610. The van der Waals surface area contributed by atoms with Gasteiger partial charge in [0, 0.05) is 16.6 Å². The van der Waals surface area contributed by atoms with E-state index in [4.69, 9.17) is 5.84 Å². The van der Waals surface area contributed by atoms with Crippen LogP contribution in [0.4, 0.5) is 13.2 Å². The number of hydrazine groups is 1. The summed E-state index contributed by atoms with van der Waals surface area (Å²) in [7, 11) is 0. The Morgan fingerprint density at radius 1 is 1.30 bits per heavy atom. The Kier molecular flexibility index (Phi) is 4.02. The summed E-state index contributed by atoms with van der Waals surface area (Å²) in [6.07, 6.45) is -3.28. The third-order valence-electron chi connectivity index (χ3n) is 2.67. The highest BCUT2D eigenvalue weighted by Gasteiger charge is 2.35. The molecule has 0 aliphatic carbocycles. The van der Waals surface area contributed by atoms with Crippen LogP contribution >= 0.6 is 11.3 Å². The SMILES string of the molecule is Cc1cc(C(NN)c2cnc(C(F)(F)F)s2)c(C)nn1. The van der Waals surface area contributed by atoms with Gasteiger partial charge in [0.1, 0.15) is 0 Å². The summed E-state index contributed by atoms with van der Waals surface area (Å²) in [4.78, 5) is 3.77. The average Bonchev–Trinajstić information content (AvgIpc) is 2.84. The molecule has 0 fully saturated rings. The van der Waals surface area contributed by atoms with Crippen molar-refractivity contribution in [1.29, 1.82) is 0 Å². The van der Waals surface area contributed by atoms with Crippen LogP contribution in [0.2, 0.25) is 0 Å². The minimum absolute atomic E-state index is 0.371. The normalized spacial score (nSPS) is 13.5. The number of alkyl halides is 3. The molecule has 108 valence electrons. The first-order chi connectivity index (χ1) is 9.32. The molecular weight excluding hydrogens is 291 g/mol. The van der Waals surface area contributed by atoms with E-state index in [1.807, 2.05) is 0 Å². The zero-order valence-corrected chi connectivity index (χ0v) is 11.5. The van der Waals surface area contributed by atoms with Crippen LogP contribution in [0.5, 0.6) is 0 Å².